The van der Waals surface area contributed by atoms with Crippen LogP contribution in [0.2, 0.25) is 0 Å². The molecule has 0 fully saturated rings. The summed E-state index contributed by atoms with van der Waals surface area (Å²) in [6, 6.07) is 10.5. The van der Waals surface area contributed by atoms with E-state index in [1.807, 2.05) is 6.08 Å². The van der Waals surface area contributed by atoms with Crippen molar-refractivity contribution >= 4 is 21.8 Å². The molecule has 0 unspecified atom stereocenters. The molecule has 0 saturated carbocycles. The highest BCUT2D eigenvalue weighted by Crippen LogP contribution is 2.38. The summed E-state index contributed by atoms with van der Waals surface area (Å²) in [5.41, 5.74) is 1.13. The van der Waals surface area contributed by atoms with E-state index in [0.29, 0.717) is 29.0 Å². The predicted octanol–water partition coefficient (Wildman–Crippen LogP) is 3.48. The first-order valence-corrected chi connectivity index (χ1v) is 12.4. The molecule has 0 radical (unpaired) electrons. The largest absolute Gasteiger partial charge is 0.493 e. The van der Waals surface area contributed by atoms with Crippen LogP contribution in [0.5, 0.6) is 11.5 Å². The smallest absolute Gasteiger partial charge is 0.314 e. The summed E-state index contributed by atoms with van der Waals surface area (Å²) in [7, 11) is -0.765. The van der Waals surface area contributed by atoms with Gasteiger partial charge in [0.15, 0.2) is 17.3 Å². The van der Waals surface area contributed by atoms with Crippen LogP contribution in [0.1, 0.15) is 42.1 Å². The van der Waals surface area contributed by atoms with Crippen molar-refractivity contribution in [2.24, 2.45) is 5.92 Å². The molecule has 0 amide bonds. The van der Waals surface area contributed by atoms with Gasteiger partial charge in [0.1, 0.15) is 0 Å². The van der Waals surface area contributed by atoms with Gasteiger partial charge in [-0.3, -0.25) is 9.59 Å². The summed E-state index contributed by atoms with van der Waals surface area (Å²) in [6.45, 7) is 3.39. The fourth-order valence-electron chi connectivity index (χ4n) is 4.03. The molecule has 2 aromatic rings. The lowest BCUT2D eigenvalue weighted by molar-refractivity contribution is -0.146. The Labute approximate surface area is 200 Å². The van der Waals surface area contributed by atoms with Crippen molar-refractivity contribution in [3.63, 3.8) is 0 Å². The van der Waals surface area contributed by atoms with Gasteiger partial charge in [-0.2, -0.15) is 0 Å². The molecule has 34 heavy (non-hydrogen) atoms. The number of allylic oxidation sites excluding steroid dienone is 1. The Bertz CT molecular complexity index is 1170. The third-order valence-corrected chi connectivity index (χ3v) is 7.24. The van der Waals surface area contributed by atoms with E-state index in [2.05, 4.69) is 4.72 Å². The average Bonchev–Trinajstić information content (AvgIpc) is 3.26. The van der Waals surface area contributed by atoms with Gasteiger partial charge in [0.2, 0.25) is 10.0 Å². The number of ether oxygens (including phenoxy) is 3. The second kappa shape index (κ2) is 10.8. The summed E-state index contributed by atoms with van der Waals surface area (Å²) >= 11 is 0. The molecule has 3 rings (SSSR count). The molecule has 1 aliphatic carbocycles. The normalized spacial score (nSPS) is 18.4. The molecule has 0 spiro atoms. The number of sulfonamides is 1. The quantitative estimate of drug-likeness (QED) is 0.311. The van der Waals surface area contributed by atoms with E-state index in [-0.39, 0.29) is 23.2 Å². The molecule has 8 nitrogen and oxygen atoms in total. The molecule has 1 aliphatic rings. The zero-order chi connectivity index (χ0) is 24.9. The monoisotopic (exact) mass is 487 g/mol. The van der Waals surface area contributed by atoms with Crippen LogP contribution in [0.3, 0.4) is 0 Å². The van der Waals surface area contributed by atoms with Crippen molar-refractivity contribution in [2.75, 3.05) is 20.8 Å². The number of Topliss-reactive ketones (excluding diaryl/α,β-unsaturated/α-hetero) is 1. The lowest BCUT2D eigenvalue weighted by Crippen LogP contribution is -2.34. The number of rotatable bonds is 10. The Morgan fingerprint density at radius 3 is 2.29 bits per heavy atom. The maximum absolute atomic E-state index is 12.9. The lowest BCUT2D eigenvalue weighted by Gasteiger charge is -2.23. The standard InChI is InChI=1S/C25H29NO7S/c1-5-33-25(28)24(19-9-13-22(31-3)23(15-19)32-4)18-6-10-20(14-18)26-34(29,30)21-11-7-17(8-12-21)16(2)27/h6-13,15,18,20,24,26H,5,14H2,1-4H3/t18-,20+,24+/m1/s1. The van der Waals surface area contributed by atoms with E-state index in [4.69, 9.17) is 14.2 Å². The predicted molar refractivity (Wildman–Crippen MR) is 127 cm³/mol. The fraction of sp³-hybridized carbons (Fsp3) is 0.360. The van der Waals surface area contributed by atoms with Gasteiger partial charge in [0.25, 0.3) is 0 Å². The fourth-order valence-corrected chi connectivity index (χ4v) is 5.24. The van der Waals surface area contributed by atoms with Gasteiger partial charge in [0, 0.05) is 11.6 Å². The number of carbonyl (C=O) groups excluding carboxylic acids is 2. The summed E-state index contributed by atoms with van der Waals surface area (Å²) < 4.78 is 44.4. The van der Waals surface area contributed by atoms with Crippen molar-refractivity contribution in [3.8, 4) is 11.5 Å². The Balaban J connectivity index is 1.80. The summed E-state index contributed by atoms with van der Waals surface area (Å²) in [5.74, 6) is -0.434. The SMILES string of the molecule is CCOC(=O)[C@H](c1ccc(OC)c(OC)c1)[C@@H]1C=C[C@H](NS(=O)(=O)c2ccc(C(C)=O)cc2)C1. The van der Waals surface area contributed by atoms with E-state index in [9.17, 15) is 18.0 Å². The number of nitrogens with one attached hydrogen (secondary N) is 1. The molecule has 0 aromatic heterocycles. The number of carbonyl (C=O) groups is 2. The van der Waals surface area contributed by atoms with Gasteiger partial charge in [0.05, 0.1) is 31.6 Å². The van der Waals surface area contributed by atoms with Crippen molar-refractivity contribution in [2.45, 2.75) is 37.1 Å². The summed E-state index contributed by atoms with van der Waals surface area (Å²) in [4.78, 5) is 24.4. The second-order valence-corrected chi connectivity index (χ2v) is 9.65. The number of hydrogen-bond donors (Lipinski definition) is 1. The highest BCUT2D eigenvalue weighted by atomic mass is 32.2. The van der Waals surface area contributed by atoms with E-state index < -0.39 is 28.0 Å². The van der Waals surface area contributed by atoms with Gasteiger partial charge in [-0.25, -0.2) is 13.1 Å². The first-order chi connectivity index (χ1) is 16.2. The second-order valence-electron chi connectivity index (χ2n) is 7.94. The molecule has 3 atom stereocenters. The Morgan fingerprint density at radius 1 is 1.03 bits per heavy atom. The molecular weight excluding hydrogens is 458 g/mol. The highest BCUT2D eigenvalue weighted by Gasteiger charge is 2.35. The van der Waals surface area contributed by atoms with Crippen molar-refractivity contribution < 1.29 is 32.2 Å². The first kappa shape index (κ1) is 25.5. The minimum absolute atomic E-state index is 0.0659. The highest BCUT2D eigenvalue weighted by molar-refractivity contribution is 7.89. The van der Waals surface area contributed by atoms with Crippen LogP contribution in [-0.4, -0.2) is 47.0 Å². The Morgan fingerprint density at radius 2 is 1.71 bits per heavy atom. The average molecular weight is 488 g/mol. The number of methoxy groups -OCH3 is 2. The van der Waals surface area contributed by atoms with Crippen LogP contribution in [0.25, 0.3) is 0 Å². The Hall–Kier alpha value is -3.17. The van der Waals surface area contributed by atoms with Gasteiger partial charge in [-0.05, 0) is 56.0 Å². The topological polar surface area (TPSA) is 108 Å². The number of hydrogen-bond acceptors (Lipinski definition) is 7. The van der Waals surface area contributed by atoms with Crippen LogP contribution >= 0.6 is 0 Å². The van der Waals surface area contributed by atoms with Gasteiger partial charge >= 0.3 is 5.97 Å². The number of esters is 1. The third-order valence-electron chi connectivity index (χ3n) is 5.73. The molecule has 0 bridgehead atoms. The molecule has 1 N–H and O–H groups in total. The van der Waals surface area contributed by atoms with Crippen LogP contribution in [0, 0.1) is 5.92 Å². The molecule has 2 aromatic carbocycles. The van der Waals surface area contributed by atoms with E-state index in [1.165, 1.54) is 45.4 Å². The van der Waals surface area contributed by atoms with E-state index in [1.54, 1.807) is 31.2 Å². The molecule has 9 heteroatoms. The van der Waals surface area contributed by atoms with Crippen molar-refractivity contribution in [1.82, 2.24) is 4.72 Å². The first-order valence-electron chi connectivity index (χ1n) is 10.9. The lowest BCUT2D eigenvalue weighted by atomic mass is 9.85. The maximum atomic E-state index is 12.9. The van der Waals surface area contributed by atoms with Crippen LogP contribution in [-0.2, 0) is 19.6 Å². The third kappa shape index (κ3) is 5.66. The van der Waals surface area contributed by atoms with Crippen LogP contribution in [0.15, 0.2) is 59.5 Å². The zero-order valence-corrected chi connectivity index (χ0v) is 20.4. The Kier molecular flexibility index (Phi) is 8.11. The van der Waals surface area contributed by atoms with Crippen molar-refractivity contribution in [1.29, 1.82) is 0 Å². The minimum Gasteiger partial charge on any atom is -0.493 e. The van der Waals surface area contributed by atoms with E-state index in [0.717, 1.165) is 0 Å². The molecule has 182 valence electrons. The van der Waals surface area contributed by atoms with E-state index >= 15 is 0 Å². The molecule has 0 saturated heterocycles. The van der Waals surface area contributed by atoms with Gasteiger partial charge in [-0.1, -0.05) is 30.4 Å². The minimum atomic E-state index is -3.82. The molecular formula is C25H29NO7S. The zero-order valence-electron chi connectivity index (χ0n) is 19.6. The number of ketones is 1. The van der Waals surface area contributed by atoms with Crippen LogP contribution in [0.4, 0.5) is 0 Å². The van der Waals surface area contributed by atoms with Crippen molar-refractivity contribution in [3.05, 3.63) is 65.7 Å². The van der Waals surface area contributed by atoms with Crippen LogP contribution < -0.4 is 14.2 Å². The summed E-state index contributed by atoms with van der Waals surface area (Å²) in [6.07, 6.45) is 3.96. The summed E-state index contributed by atoms with van der Waals surface area (Å²) in [5, 5.41) is 0. The van der Waals surface area contributed by atoms with Gasteiger partial charge < -0.3 is 14.2 Å². The van der Waals surface area contributed by atoms with Gasteiger partial charge in [-0.15, -0.1) is 0 Å². The number of benzene rings is 2. The maximum Gasteiger partial charge on any atom is 0.314 e. The molecule has 0 heterocycles. The molecule has 0 aliphatic heterocycles.